The van der Waals surface area contributed by atoms with Crippen molar-refractivity contribution in [2.75, 3.05) is 30.9 Å². The molecular formula is C9H20N2O4S2. The molecule has 1 saturated carbocycles. The van der Waals surface area contributed by atoms with Crippen molar-refractivity contribution in [3.63, 3.8) is 0 Å². The summed E-state index contributed by atoms with van der Waals surface area (Å²) < 4.78 is 47.3. The smallest absolute Gasteiger partial charge is 0.212 e. The normalized spacial score (nSPS) is 19.2. The van der Waals surface area contributed by atoms with Crippen molar-refractivity contribution in [1.29, 1.82) is 0 Å². The maximum atomic E-state index is 11.5. The van der Waals surface area contributed by atoms with Crippen molar-refractivity contribution in [2.24, 2.45) is 11.1 Å². The molecule has 0 saturated heterocycles. The van der Waals surface area contributed by atoms with Crippen molar-refractivity contribution in [2.45, 2.75) is 19.3 Å². The van der Waals surface area contributed by atoms with Gasteiger partial charge in [0.25, 0.3) is 0 Å². The first kappa shape index (κ1) is 14.9. The Morgan fingerprint density at radius 3 is 2.18 bits per heavy atom. The van der Waals surface area contributed by atoms with E-state index in [0.29, 0.717) is 13.1 Å². The average Bonchev–Trinajstić information content (AvgIpc) is 2.93. The van der Waals surface area contributed by atoms with Gasteiger partial charge in [-0.2, -0.15) is 0 Å². The van der Waals surface area contributed by atoms with Crippen LogP contribution in [0.2, 0.25) is 0 Å². The van der Waals surface area contributed by atoms with Gasteiger partial charge in [0, 0.05) is 12.8 Å². The lowest BCUT2D eigenvalue weighted by Gasteiger charge is -2.14. The molecule has 102 valence electrons. The van der Waals surface area contributed by atoms with Crippen LogP contribution in [0.3, 0.4) is 0 Å². The number of sulfone groups is 1. The van der Waals surface area contributed by atoms with Crippen LogP contribution in [0.5, 0.6) is 0 Å². The van der Waals surface area contributed by atoms with Crippen molar-refractivity contribution in [3.8, 4) is 0 Å². The molecule has 6 nitrogen and oxygen atoms in total. The molecule has 8 heteroatoms. The molecular weight excluding hydrogens is 264 g/mol. The SMILES string of the molecule is CS(=O)(=O)CCS(=O)(=O)NCC1(CCN)CC1. The number of nitrogens with two attached hydrogens (primary N) is 1. The van der Waals surface area contributed by atoms with Crippen molar-refractivity contribution in [1.82, 2.24) is 4.72 Å². The minimum Gasteiger partial charge on any atom is -0.330 e. The molecule has 0 aromatic rings. The van der Waals surface area contributed by atoms with Crippen molar-refractivity contribution >= 4 is 19.9 Å². The summed E-state index contributed by atoms with van der Waals surface area (Å²) in [6.45, 7) is 0.918. The van der Waals surface area contributed by atoms with Crippen LogP contribution < -0.4 is 10.5 Å². The molecule has 1 aliphatic carbocycles. The Labute approximate surface area is 103 Å². The Bertz CT molecular complexity index is 451. The van der Waals surface area contributed by atoms with Gasteiger partial charge in [-0.1, -0.05) is 0 Å². The van der Waals surface area contributed by atoms with E-state index in [0.717, 1.165) is 25.5 Å². The number of sulfonamides is 1. The van der Waals surface area contributed by atoms with Gasteiger partial charge < -0.3 is 5.73 Å². The van der Waals surface area contributed by atoms with E-state index >= 15 is 0 Å². The molecule has 3 N–H and O–H groups in total. The molecule has 0 spiro atoms. The molecule has 0 unspecified atom stereocenters. The van der Waals surface area contributed by atoms with Crippen LogP contribution in [0.15, 0.2) is 0 Å². The molecule has 0 bridgehead atoms. The largest absolute Gasteiger partial charge is 0.330 e. The summed E-state index contributed by atoms with van der Waals surface area (Å²) in [7, 11) is -6.74. The van der Waals surface area contributed by atoms with Crippen LogP contribution >= 0.6 is 0 Å². The van der Waals surface area contributed by atoms with Crippen molar-refractivity contribution < 1.29 is 16.8 Å². The zero-order valence-electron chi connectivity index (χ0n) is 9.98. The molecule has 17 heavy (non-hydrogen) atoms. The van der Waals surface area contributed by atoms with E-state index in [2.05, 4.69) is 4.72 Å². The summed E-state index contributed by atoms with van der Waals surface area (Å²) in [5.74, 6) is -0.712. The molecule has 1 fully saturated rings. The Balaban J connectivity index is 2.40. The van der Waals surface area contributed by atoms with Crippen LogP contribution in [0, 0.1) is 5.41 Å². The van der Waals surface area contributed by atoms with E-state index < -0.39 is 19.9 Å². The summed E-state index contributed by atoms with van der Waals surface area (Å²) in [6.07, 6.45) is 3.80. The molecule has 0 radical (unpaired) electrons. The molecule has 0 atom stereocenters. The zero-order valence-corrected chi connectivity index (χ0v) is 11.6. The monoisotopic (exact) mass is 284 g/mol. The lowest BCUT2D eigenvalue weighted by molar-refractivity contribution is 0.461. The van der Waals surface area contributed by atoms with Gasteiger partial charge in [0.05, 0.1) is 11.5 Å². The third-order valence-electron chi connectivity index (χ3n) is 3.02. The Morgan fingerprint density at radius 2 is 1.76 bits per heavy atom. The second kappa shape index (κ2) is 5.21. The van der Waals surface area contributed by atoms with Gasteiger partial charge in [0.2, 0.25) is 10.0 Å². The van der Waals surface area contributed by atoms with E-state index in [1.807, 2.05) is 0 Å². The molecule has 0 aromatic heterocycles. The molecule has 1 rings (SSSR count). The molecule has 0 aliphatic heterocycles. The first-order valence-electron chi connectivity index (χ1n) is 5.53. The maximum absolute atomic E-state index is 11.5. The summed E-state index contributed by atoms with van der Waals surface area (Å²) >= 11 is 0. The third kappa shape index (κ3) is 5.80. The van der Waals surface area contributed by atoms with Crippen LogP contribution in [0.1, 0.15) is 19.3 Å². The highest BCUT2D eigenvalue weighted by molar-refractivity contribution is 7.93. The van der Waals surface area contributed by atoms with Gasteiger partial charge in [-0.25, -0.2) is 21.6 Å². The van der Waals surface area contributed by atoms with Crippen LogP contribution in [0.25, 0.3) is 0 Å². The third-order valence-corrected chi connectivity index (χ3v) is 5.55. The molecule has 0 aromatic carbocycles. The van der Waals surface area contributed by atoms with E-state index in [-0.39, 0.29) is 16.9 Å². The number of hydrogen-bond donors (Lipinski definition) is 2. The van der Waals surface area contributed by atoms with Gasteiger partial charge in [-0.3, -0.25) is 0 Å². The Kier molecular flexibility index (Phi) is 4.56. The molecule has 0 amide bonds. The average molecular weight is 284 g/mol. The van der Waals surface area contributed by atoms with Gasteiger partial charge in [0.15, 0.2) is 0 Å². The molecule has 0 heterocycles. The topological polar surface area (TPSA) is 106 Å². The quantitative estimate of drug-likeness (QED) is 0.599. The van der Waals surface area contributed by atoms with Crippen LogP contribution in [-0.2, 0) is 19.9 Å². The standard InChI is InChI=1S/C9H20N2O4S2/c1-16(12,13)6-7-17(14,15)11-8-9(2-3-9)4-5-10/h11H,2-8,10H2,1H3. The van der Waals surface area contributed by atoms with Gasteiger partial charge >= 0.3 is 0 Å². The second-order valence-electron chi connectivity index (χ2n) is 4.81. The fraction of sp³-hybridized carbons (Fsp3) is 1.00. The highest BCUT2D eigenvalue weighted by Crippen LogP contribution is 2.47. The van der Waals surface area contributed by atoms with Gasteiger partial charge in [0.1, 0.15) is 9.84 Å². The van der Waals surface area contributed by atoms with E-state index in [4.69, 9.17) is 5.73 Å². The van der Waals surface area contributed by atoms with Crippen molar-refractivity contribution in [3.05, 3.63) is 0 Å². The van der Waals surface area contributed by atoms with Gasteiger partial charge in [-0.15, -0.1) is 0 Å². The van der Waals surface area contributed by atoms with Crippen LogP contribution in [0.4, 0.5) is 0 Å². The zero-order chi connectivity index (χ0) is 13.2. The maximum Gasteiger partial charge on any atom is 0.212 e. The predicted octanol–water partition coefficient (Wildman–Crippen LogP) is -0.921. The summed E-state index contributed by atoms with van der Waals surface area (Å²) in [6, 6.07) is 0. The summed E-state index contributed by atoms with van der Waals surface area (Å²) in [4.78, 5) is 0. The number of rotatable bonds is 8. The second-order valence-corrected chi connectivity index (χ2v) is 8.99. The molecule has 1 aliphatic rings. The van der Waals surface area contributed by atoms with Crippen LogP contribution in [-0.4, -0.2) is 47.7 Å². The first-order chi connectivity index (χ1) is 7.68. The lowest BCUT2D eigenvalue weighted by Crippen LogP contribution is -2.34. The lowest BCUT2D eigenvalue weighted by atomic mass is 10.0. The van der Waals surface area contributed by atoms with Gasteiger partial charge in [-0.05, 0) is 31.2 Å². The Morgan fingerprint density at radius 1 is 1.18 bits per heavy atom. The number of nitrogens with one attached hydrogen (secondary N) is 1. The first-order valence-corrected chi connectivity index (χ1v) is 9.25. The summed E-state index contributed by atoms with van der Waals surface area (Å²) in [5, 5.41) is 0. The fourth-order valence-corrected chi connectivity index (χ4v) is 4.35. The van der Waals surface area contributed by atoms with E-state index in [1.165, 1.54) is 0 Å². The minimum atomic E-state index is -3.50. The fourth-order valence-electron chi connectivity index (χ4n) is 1.59. The predicted molar refractivity (Wildman–Crippen MR) is 66.8 cm³/mol. The minimum absolute atomic E-state index is 0.0207. The number of hydrogen-bond acceptors (Lipinski definition) is 5. The van der Waals surface area contributed by atoms with E-state index in [9.17, 15) is 16.8 Å². The van der Waals surface area contributed by atoms with E-state index in [1.54, 1.807) is 0 Å². The highest BCUT2D eigenvalue weighted by Gasteiger charge is 2.42. The summed E-state index contributed by atoms with van der Waals surface area (Å²) in [5.41, 5.74) is 5.47. The highest BCUT2D eigenvalue weighted by atomic mass is 32.2. The Hall–Kier alpha value is -0.180.